The third kappa shape index (κ3) is 2.78. The van der Waals surface area contributed by atoms with E-state index in [0.29, 0.717) is 17.3 Å². The summed E-state index contributed by atoms with van der Waals surface area (Å²) in [5.74, 6) is 1.62. The van der Waals surface area contributed by atoms with Crippen LogP contribution < -0.4 is 4.74 Å². The number of hydrogen-bond donors (Lipinski definition) is 0. The average Bonchev–Trinajstić information content (AvgIpc) is 2.45. The maximum Gasteiger partial charge on any atom is 0.308 e. The third-order valence-electron chi connectivity index (χ3n) is 6.66. The average molecular weight is 328 g/mol. The van der Waals surface area contributed by atoms with Gasteiger partial charge in [0, 0.05) is 6.92 Å². The Bertz CT molecular complexity index is 656. The van der Waals surface area contributed by atoms with Gasteiger partial charge in [0.2, 0.25) is 0 Å². The Morgan fingerprint density at radius 2 is 1.92 bits per heavy atom. The summed E-state index contributed by atoms with van der Waals surface area (Å²) in [7, 11) is 0. The molecule has 0 unspecified atom stereocenters. The minimum Gasteiger partial charge on any atom is -0.426 e. The smallest absolute Gasteiger partial charge is 0.308 e. The molecular formula is C22H32O2. The first-order chi connectivity index (χ1) is 11.1. The van der Waals surface area contributed by atoms with Crippen LogP contribution >= 0.6 is 0 Å². The Hall–Kier alpha value is -1.31. The van der Waals surface area contributed by atoms with Gasteiger partial charge in [-0.3, -0.25) is 4.79 Å². The van der Waals surface area contributed by atoms with Gasteiger partial charge < -0.3 is 4.74 Å². The highest BCUT2D eigenvalue weighted by molar-refractivity contribution is 5.70. The minimum absolute atomic E-state index is 0.208. The lowest BCUT2D eigenvalue weighted by molar-refractivity contribution is -0.131. The van der Waals surface area contributed by atoms with E-state index in [1.807, 2.05) is 0 Å². The van der Waals surface area contributed by atoms with Crippen molar-refractivity contribution in [2.45, 2.75) is 85.0 Å². The van der Waals surface area contributed by atoms with Crippen LogP contribution in [0.3, 0.4) is 0 Å². The van der Waals surface area contributed by atoms with Gasteiger partial charge in [0.1, 0.15) is 5.75 Å². The van der Waals surface area contributed by atoms with Crippen molar-refractivity contribution >= 4 is 5.97 Å². The molecule has 0 N–H and O–H groups in total. The molecule has 2 aliphatic carbocycles. The van der Waals surface area contributed by atoms with Gasteiger partial charge in [-0.1, -0.05) is 47.1 Å². The molecule has 3 rings (SSSR count). The highest BCUT2D eigenvalue weighted by Gasteiger charge is 2.49. The second-order valence-corrected chi connectivity index (χ2v) is 9.15. The fourth-order valence-corrected chi connectivity index (χ4v) is 5.53. The normalized spacial score (nSPS) is 28.2. The zero-order valence-electron chi connectivity index (χ0n) is 16.2. The Morgan fingerprint density at radius 3 is 2.54 bits per heavy atom. The molecule has 24 heavy (non-hydrogen) atoms. The topological polar surface area (TPSA) is 26.3 Å². The molecule has 2 aliphatic rings. The van der Waals surface area contributed by atoms with Crippen molar-refractivity contribution in [3.05, 3.63) is 28.8 Å². The molecular weight excluding hydrogens is 296 g/mol. The zero-order chi connectivity index (χ0) is 17.7. The van der Waals surface area contributed by atoms with Gasteiger partial charge in [0.05, 0.1) is 0 Å². The van der Waals surface area contributed by atoms with Crippen molar-refractivity contribution in [1.29, 1.82) is 0 Å². The number of benzene rings is 1. The number of aryl methyl sites for hydroxylation is 1. The van der Waals surface area contributed by atoms with Crippen molar-refractivity contribution in [2.75, 3.05) is 0 Å². The summed E-state index contributed by atoms with van der Waals surface area (Å²) >= 11 is 0. The minimum atomic E-state index is -0.224. The second-order valence-electron chi connectivity index (χ2n) is 9.15. The van der Waals surface area contributed by atoms with E-state index in [-0.39, 0.29) is 11.4 Å². The molecule has 132 valence electrons. The van der Waals surface area contributed by atoms with Gasteiger partial charge in [-0.05, 0) is 71.1 Å². The lowest BCUT2D eigenvalue weighted by atomic mass is 9.50. The summed E-state index contributed by atoms with van der Waals surface area (Å²) in [6.07, 6.45) is 6.28. The molecule has 1 aromatic carbocycles. The van der Waals surface area contributed by atoms with Gasteiger partial charge in [-0.25, -0.2) is 0 Å². The predicted molar refractivity (Wildman–Crippen MR) is 98.6 cm³/mol. The molecule has 0 saturated heterocycles. The van der Waals surface area contributed by atoms with Crippen LogP contribution in [0.25, 0.3) is 0 Å². The highest BCUT2D eigenvalue weighted by atomic mass is 16.5. The first-order valence-corrected chi connectivity index (χ1v) is 9.51. The molecule has 2 atom stereocenters. The van der Waals surface area contributed by atoms with Crippen LogP contribution in [0.5, 0.6) is 5.75 Å². The van der Waals surface area contributed by atoms with Crippen molar-refractivity contribution in [1.82, 2.24) is 0 Å². The maximum absolute atomic E-state index is 11.6. The Labute approximate surface area is 147 Å². The maximum atomic E-state index is 11.6. The molecule has 2 nitrogen and oxygen atoms in total. The van der Waals surface area contributed by atoms with Crippen LogP contribution in [0, 0.1) is 11.3 Å². The first kappa shape index (κ1) is 17.5. The number of hydrogen-bond acceptors (Lipinski definition) is 2. The number of rotatable bonds is 2. The molecule has 0 aliphatic heterocycles. The molecule has 0 spiro atoms. The van der Waals surface area contributed by atoms with Gasteiger partial charge in [0.25, 0.3) is 0 Å². The van der Waals surface area contributed by atoms with Gasteiger partial charge in [-0.2, -0.15) is 0 Å². The number of carbonyl (C=O) groups excluding carboxylic acids is 1. The monoisotopic (exact) mass is 328 g/mol. The fourth-order valence-electron chi connectivity index (χ4n) is 5.53. The fraction of sp³-hybridized carbons (Fsp3) is 0.682. The molecule has 1 saturated carbocycles. The van der Waals surface area contributed by atoms with Crippen LogP contribution in [0.1, 0.15) is 89.8 Å². The van der Waals surface area contributed by atoms with Crippen LogP contribution in [-0.4, -0.2) is 5.97 Å². The van der Waals surface area contributed by atoms with Crippen molar-refractivity contribution in [3.8, 4) is 5.75 Å². The molecule has 2 heteroatoms. The van der Waals surface area contributed by atoms with Gasteiger partial charge in [0.15, 0.2) is 0 Å². The van der Waals surface area contributed by atoms with E-state index in [1.54, 1.807) is 0 Å². The van der Waals surface area contributed by atoms with Crippen molar-refractivity contribution in [2.24, 2.45) is 11.3 Å². The molecule has 0 amide bonds. The molecule has 1 fully saturated rings. The van der Waals surface area contributed by atoms with Gasteiger partial charge in [-0.15, -0.1) is 0 Å². The van der Waals surface area contributed by atoms with E-state index >= 15 is 0 Å². The summed E-state index contributed by atoms with van der Waals surface area (Å²) in [5.41, 5.74) is 4.68. The molecule has 0 heterocycles. The zero-order valence-corrected chi connectivity index (χ0v) is 16.2. The van der Waals surface area contributed by atoms with E-state index in [1.165, 1.54) is 49.3 Å². The first-order valence-electron chi connectivity index (χ1n) is 9.51. The Morgan fingerprint density at radius 1 is 1.21 bits per heavy atom. The molecule has 1 aromatic rings. The van der Waals surface area contributed by atoms with E-state index in [4.69, 9.17) is 4.74 Å². The summed E-state index contributed by atoms with van der Waals surface area (Å²) < 4.78 is 5.61. The van der Waals surface area contributed by atoms with Crippen molar-refractivity contribution in [3.63, 3.8) is 0 Å². The number of fused-ring (bicyclic) bond motifs is 3. The van der Waals surface area contributed by atoms with E-state index in [0.717, 1.165) is 12.2 Å². The Balaban J connectivity index is 2.14. The summed E-state index contributed by atoms with van der Waals surface area (Å²) in [4.78, 5) is 11.6. The van der Waals surface area contributed by atoms with Crippen LogP contribution in [0.4, 0.5) is 0 Å². The van der Waals surface area contributed by atoms with E-state index < -0.39 is 0 Å². The van der Waals surface area contributed by atoms with E-state index in [9.17, 15) is 4.79 Å². The lowest BCUT2D eigenvalue weighted by Crippen LogP contribution is -2.47. The lowest BCUT2D eigenvalue weighted by Gasteiger charge is -2.54. The molecule has 0 aromatic heterocycles. The SMILES string of the molecule is CC(=O)Oc1cc2c(cc1C(C)C)CC[C@H]1C(C)(C)CCC[C@]21C. The molecule has 0 bridgehead atoms. The van der Waals surface area contributed by atoms with Crippen LogP contribution in [0.15, 0.2) is 12.1 Å². The summed E-state index contributed by atoms with van der Waals surface area (Å²) in [5, 5.41) is 0. The number of carbonyl (C=O) groups is 1. The van der Waals surface area contributed by atoms with Gasteiger partial charge >= 0.3 is 5.97 Å². The quantitative estimate of drug-likeness (QED) is 0.509. The standard InChI is InChI=1S/C22H32O2/c1-14(2)17-12-16-8-9-20-21(4,5)10-7-11-22(20,6)18(16)13-19(17)24-15(3)23/h12-14,20H,7-11H2,1-6H3/t20-,22+/m0/s1. The Kier molecular flexibility index (Phi) is 4.30. The van der Waals surface area contributed by atoms with Crippen LogP contribution in [-0.2, 0) is 16.6 Å². The highest BCUT2D eigenvalue weighted by Crippen LogP contribution is 2.57. The predicted octanol–water partition coefficient (Wildman–Crippen LogP) is 5.77. The summed E-state index contributed by atoms with van der Waals surface area (Å²) in [6, 6.07) is 4.53. The largest absolute Gasteiger partial charge is 0.426 e. The van der Waals surface area contributed by atoms with Crippen LogP contribution in [0.2, 0.25) is 0 Å². The number of esters is 1. The second kappa shape index (κ2) is 5.89. The third-order valence-corrected chi connectivity index (χ3v) is 6.66. The molecule has 0 radical (unpaired) electrons. The summed E-state index contributed by atoms with van der Waals surface area (Å²) in [6.45, 7) is 13.2. The van der Waals surface area contributed by atoms with E-state index in [2.05, 4.69) is 46.8 Å². The number of ether oxygens (including phenoxy) is 1. The van der Waals surface area contributed by atoms with Crippen molar-refractivity contribution < 1.29 is 9.53 Å².